The maximum Gasteiger partial charge on any atom is 0.435 e. The number of aliphatic hydroxyl groups excluding tert-OH is 1. The number of amidine groups is 1. The highest BCUT2D eigenvalue weighted by atomic mass is 16.6. The van der Waals surface area contributed by atoms with E-state index in [1.165, 1.54) is 5.56 Å². The maximum atomic E-state index is 12.5. The fourth-order valence-electron chi connectivity index (χ4n) is 3.13. The molecule has 1 aliphatic rings. The number of hydrogen-bond donors (Lipinski definition) is 1. The molecule has 1 N–H and O–H groups in total. The van der Waals surface area contributed by atoms with Crippen molar-refractivity contribution >= 4 is 17.9 Å². The number of aliphatic hydroxyl groups is 1. The van der Waals surface area contributed by atoms with E-state index in [0.29, 0.717) is 24.7 Å². The van der Waals surface area contributed by atoms with Gasteiger partial charge < -0.3 is 24.2 Å². The van der Waals surface area contributed by atoms with Gasteiger partial charge in [0, 0.05) is 13.1 Å². The number of benzene rings is 1. The minimum Gasteiger partial charge on any atom is -0.491 e. The van der Waals surface area contributed by atoms with Crippen molar-refractivity contribution in [1.82, 2.24) is 4.90 Å². The standard InChI is InChI=1S/C23H34N2O6/c1-22(2,3)30-20(27)14-19(24-21(28)31-23(4,5)6)25-10-9-16-7-8-18(29-12-11-26)13-17(16)15-25/h7-8,13,26H,9-12,14-15H2,1-6H3. The zero-order valence-corrected chi connectivity index (χ0v) is 19.4. The summed E-state index contributed by atoms with van der Waals surface area (Å²) in [7, 11) is 0. The van der Waals surface area contributed by atoms with Gasteiger partial charge in [-0.1, -0.05) is 6.07 Å². The molecule has 0 aromatic heterocycles. The van der Waals surface area contributed by atoms with E-state index in [-0.39, 0.29) is 19.6 Å². The van der Waals surface area contributed by atoms with Crippen LogP contribution in [0.4, 0.5) is 4.79 Å². The first-order valence-corrected chi connectivity index (χ1v) is 10.5. The molecule has 0 unspecified atom stereocenters. The van der Waals surface area contributed by atoms with Gasteiger partial charge in [0.25, 0.3) is 0 Å². The second-order valence-corrected chi connectivity index (χ2v) is 9.45. The summed E-state index contributed by atoms with van der Waals surface area (Å²) >= 11 is 0. The van der Waals surface area contributed by atoms with Crippen LogP contribution < -0.4 is 4.74 Å². The zero-order valence-electron chi connectivity index (χ0n) is 19.4. The molecule has 1 aromatic rings. The number of fused-ring (bicyclic) bond motifs is 1. The normalized spacial score (nSPS) is 14.7. The minimum atomic E-state index is -0.739. The SMILES string of the molecule is CC(C)(C)OC(=O)CC(=NC(=O)OC(C)(C)C)N1CCc2ccc(OCCO)cc2C1. The van der Waals surface area contributed by atoms with Crippen LogP contribution >= 0.6 is 0 Å². The van der Waals surface area contributed by atoms with Crippen molar-refractivity contribution < 1.29 is 28.9 Å². The van der Waals surface area contributed by atoms with Gasteiger partial charge in [0.2, 0.25) is 0 Å². The zero-order chi connectivity index (χ0) is 23.2. The van der Waals surface area contributed by atoms with Crippen molar-refractivity contribution in [3.8, 4) is 5.75 Å². The lowest BCUT2D eigenvalue weighted by Crippen LogP contribution is -2.39. The molecule has 0 spiro atoms. The Bertz CT molecular complexity index is 820. The van der Waals surface area contributed by atoms with Crippen LogP contribution in [0.5, 0.6) is 5.75 Å². The molecule has 0 atom stereocenters. The number of carbonyl (C=O) groups excluding carboxylic acids is 2. The molecule has 172 valence electrons. The molecule has 0 radical (unpaired) electrons. The van der Waals surface area contributed by atoms with E-state index < -0.39 is 23.3 Å². The first-order chi connectivity index (χ1) is 14.4. The van der Waals surface area contributed by atoms with E-state index in [4.69, 9.17) is 19.3 Å². The summed E-state index contributed by atoms with van der Waals surface area (Å²) in [6, 6.07) is 5.79. The van der Waals surface area contributed by atoms with Crippen molar-refractivity contribution in [3.63, 3.8) is 0 Å². The average molecular weight is 435 g/mol. The molecule has 1 heterocycles. The fourth-order valence-corrected chi connectivity index (χ4v) is 3.13. The van der Waals surface area contributed by atoms with Crippen LogP contribution in [0.25, 0.3) is 0 Å². The van der Waals surface area contributed by atoms with Crippen molar-refractivity contribution in [2.24, 2.45) is 4.99 Å². The molecule has 8 heteroatoms. The number of nitrogens with zero attached hydrogens (tertiary/aromatic N) is 2. The molecule has 31 heavy (non-hydrogen) atoms. The highest BCUT2D eigenvalue weighted by molar-refractivity contribution is 6.02. The molecule has 0 fully saturated rings. The number of amides is 1. The molecule has 0 saturated carbocycles. The van der Waals surface area contributed by atoms with Crippen LogP contribution in [0.3, 0.4) is 0 Å². The van der Waals surface area contributed by atoms with Crippen LogP contribution in [0.1, 0.15) is 59.1 Å². The summed E-state index contributed by atoms with van der Waals surface area (Å²) in [4.78, 5) is 30.8. The van der Waals surface area contributed by atoms with Gasteiger partial charge in [-0.2, -0.15) is 4.99 Å². The molecule has 1 amide bonds. The largest absolute Gasteiger partial charge is 0.491 e. The van der Waals surface area contributed by atoms with Crippen LogP contribution in [0, 0.1) is 0 Å². The number of esters is 1. The Labute approximate surface area is 184 Å². The Morgan fingerprint density at radius 2 is 1.74 bits per heavy atom. The van der Waals surface area contributed by atoms with E-state index in [1.54, 1.807) is 41.5 Å². The predicted octanol–water partition coefficient (Wildman–Crippen LogP) is 3.48. The molecule has 8 nitrogen and oxygen atoms in total. The first-order valence-electron chi connectivity index (χ1n) is 10.5. The average Bonchev–Trinajstić information content (AvgIpc) is 2.62. The van der Waals surface area contributed by atoms with Gasteiger partial charge >= 0.3 is 12.1 Å². The van der Waals surface area contributed by atoms with Crippen molar-refractivity contribution in [2.75, 3.05) is 19.8 Å². The minimum absolute atomic E-state index is 0.0637. The summed E-state index contributed by atoms with van der Waals surface area (Å²) in [5, 5.41) is 8.97. The number of rotatable bonds is 5. The van der Waals surface area contributed by atoms with Crippen molar-refractivity contribution in [2.45, 2.75) is 72.1 Å². The third-order valence-corrected chi connectivity index (χ3v) is 4.25. The van der Waals surface area contributed by atoms with E-state index in [1.807, 2.05) is 23.1 Å². The monoisotopic (exact) mass is 434 g/mol. The fraction of sp³-hybridized carbons (Fsp3) is 0.609. The third-order valence-electron chi connectivity index (χ3n) is 4.25. The highest BCUT2D eigenvalue weighted by Gasteiger charge is 2.26. The van der Waals surface area contributed by atoms with Crippen LogP contribution in [0.2, 0.25) is 0 Å². The summed E-state index contributed by atoms with van der Waals surface area (Å²) in [6.45, 7) is 11.9. The number of hydrogen-bond acceptors (Lipinski definition) is 6. The van der Waals surface area contributed by atoms with Gasteiger partial charge in [-0.05, 0) is 71.2 Å². The Balaban J connectivity index is 2.25. The Hall–Kier alpha value is -2.61. The molecular weight excluding hydrogens is 400 g/mol. The van der Waals surface area contributed by atoms with Crippen molar-refractivity contribution in [1.29, 1.82) is 0 Å². The summed E-state index contributed by atoms with van der Waals surface area (Å²) < 4.78 is 16.3. The third kappa shape index (κ3) is 8.57. The Kier molecular flexibility index (Phi) is 8.06. The van der Waals surface area contributed by atoms with Gasteiger partial charge in [0.1, 0.15) is 35.8 Å². The lowest BCUT2D eigenvalue weighted by Gasteiger charge is -2.32. The van der Waals surface area contributed by atoms with E-state index in [9.17, 15) is 9.59 Å². The number of aliphatic imine (C=N–C) groups is 1. The topological polar surface area (TPSA) is 97.7 Å². The number of carbonyl (C=O) groups is 2. The Morgan fingerprint density at radius 1 is 1.06 bits per heavy atom. The predicted molar refractivity (Wildman–Crippen MR) is 117 cm³/mol. The van der Waals surface area contributed by atoms with Gasteiger partial charge in [-0.25, -0.2) is 4.79 Å². The maximum absolute atomic E-state index is 12.5. The van der Waals surface area contributed by atoms with Crippen LogP contribution in [-0.2, 0) is 27.2 Å². The molecule has 1 aliphatic heterocycles. The first kappa shape index (κ1) is 24.7. The highest BCUT2D eigenvalue weighted by Crippen LogP contribution is 2.25. The molecule has 0 saturated heterocycles. The quantitative estimate of drug-likeness (QED) is 0.430. The van der Waals surface area contributed by atoms with Crippen LogP contribution in [0.15, 0.2) is 23.2 Å². The van der Waals surface area contributed by atoms with E-state index >= 15 is 0 Å². The molecule has 2 rings (SSSR count). The summed E-state index contributed by atoms with van der Waals surface area (Å²) in [5.74, 6) is 0.517. The van der Waals surface area contributed by atoms with Gasteiger partial charge in [0.15, 0.2) is 0 Å². The number of ether oxygens (including phenoxy) is 3. The second kappa shape index (κ2) is 10.1. The van der Waals surface area contributed by atoms with E-state index in [2.05, 4.69) is 4.99 Å². The summed E-state index contributed by atoms with van der Waals surface area (Å²) in [6.07, 6.45) is -0.138. The van der Waals surface area contributed by atoms with Gasteiger partial charge in [-0.15, -0.1) is 0 Å². The van der Waals surface area contributed by atoms with E-state index in [0.717, 1.165) is 12.0 Å². The van der Waals surface area contributed by atoms with Gasteiger partial charge in [0.05, 0.1) is 6.61 Å². The van der Waals surface area contributed by atoms with Crippen LogP contribution in [-0.4, -0.2) is 58.9 Å². The van der Waals surface area contributed by atoms with Gasteiger partial charge in [-0.3, -0.25) is 4.79 Å². The molecule has 1 aromatic carbocycles. The lowest BCUT2D eigenvalue weighted by molar-refractivity contribution is -0.153. The lowest BCUT2D eigenvalue weighted by atomic mass is 9.99. The Morgan fingerprint density at radius 3 is 2.35 bits per heavy atom. The smallest absolute Gasteiger partial charge is 0.435 e. The molecular formula is C23H34N2O6. The molecule has 0 bridgehead atoms. The summed E-state index contributed by atoms with van der Waals surface area (Å²) in [5.41, 5.74) is 0.858. The van der Waals surface area contributed by atoms with Crippen molar-refractivity contribution in [3.05, 3.63) is 29.3 Å². The second-order valence-electron chi connectivity index (χ2n) is 9.45. The molecule has 0 aliphatic carbocycles.